The van der Waals surface area contributed by atoms with Crippen molar-refractivity contribution < 1.29 is 19.7 Å². The molecule has 1 aromatic heterocycles. The Hall–Kier alpha value is -2.15. The lowest BCUT2D eigenvalue weighted by Crippen LogP contribution is -2.46. The number of pyridine rings is 1. The zero-order chi connectivity index (χ0) is 18.6. The average molecular weight is 349 g/mol. The lowest BCUT2D eigenvalue weighted by atomic mass is 9.96. The Labute approximate surface area is 149 Å². The number of hydrogen-bond acceptors (Lipinski definition) is 6. The molecule has 7 heteroatoms. The zero-order valence-corrected chi connectivity index (χ0v) is 15.5. The van der Waals surface area contributed by atoms with Crippen LogP contribution in [0.15, 0.2) is 6.07 Å². The number of nitrogens with two attached hydrogens (primary N) is 2. The standard InChI is InChI=1S/C18H28N4O3/c1-5-25-18(23)13-10-14(22-8-6-12(24-4)7-9-22)15(17(20)21-13)16(19)11(2)3/h10-12,19H,5-9H2,1-4H3,(H2,20,21)/p+1. The lowest BCUT2D eigenvalue weighted by Gasteiger charge is -2.34. The molecule has 0 amide bonds. The molecule has 1 saturated heterocycles. The van der Waals surface area contributed by atoms with E-state index in [2.05, 4.69) is 9.88 Å². The number of hydrogen-bond donors (Lipinski definition) is 2. The fourth-order valence-electron chi connectivity index (χ4n) is 3.03. The second-order valence-electron chi connectivity index (χ2n) is 6.54. The van der Waals surface area contributed by atoms with E-state index in [4.69, 9.17) is 20.6 Å². The van der Waals surface area contributed by atoms with E-state index < -0.39 is 5.97 Å². The molecule has 0 spiro atoms. The maximum absolute atomic E-state index is 12.1. The summed E-state index contributed by atoms with van der Waals surface area (Å²) < 4.78 is 10.5. The van der Waals surface area contributed by atoms with Crippen LogP contribution in [-0.2, 0) is 9.47 Å². The van der Waals surface area contributed by atoms with Crippen molar-refractivity contribution in [2.45, 2.75) is 39.7 Å². The van der Waals surface area contributed by atoms with Crippen LogP contribution in [0.5, 0.6) is 0 Å². The maximum atomic E-state index is 12.1. The molecule has 0 saturated carbocycles. The lowest BCUT2D eigenvalue weighted by molar-refractivity contribution is -0.117. The van der Waals surface area contributed by atoms with Crippen LogP contribution >= 0.6 is 0 Å². The van der Waals surface area contributed by atoms with Crippen molar-refractivity contribution in [3.63, 3.8) is 0 Å². The van der Waals surface area contributed by atoms with Gasteiger partial charge in [0.15, 0.2) is 11.4 Å². The molecule has 2 heterocycles. The van der Waals surface area contributed by atoms with Crippen LogP contribution in [0, 0.1) is 5.92 Å². The van der Waals surface area contributed by atoms with Gasteiger partial charge in [-0.1, -0.05) is 13.8 Å². The summed E-state index contributed by atoms with van der Waals surface area (Å²) in [6, 6.07) is 1.74. The van der Waals surface area contributed by atoms with Gasteiger partial charge in [0.1, 0.15) is 11.4 Å². The second kappa shape index (κ2) is 8.29. The zero-order valence-electron chi connectivity index (χ0n) is 15.5. The predicted molar refractivity (Wildman–Crippen MR) is 97.7 cm³/mol. The third-order valence-corrected chi connectivity index (χ3v) is 4.54. The molecule has 0 atom stereocenters. The van der Waals surface area contributed by atoms with E-state index >= 15 is 0 Å². The van der Waals surface area contributed by atoms with Crippen molar-refractivity contribution in [3.05, 3.63) is 17.3 Å². The van der Waals surface area contributed by atoms with Crippen LogP contribution in [0.25, 0.3) is 0 Å². The van der Waals surface area contributed by atoms with Crippen LogP contribution in [0.3, 0.4) is 0 Å². The number of piperidine rings is 1. The smallest absolute Gasteiger partial charge is 0.357 e. The Bertz CT molecular complexity index is 637. The minimum absolute atomic E-state index is 0.118. The number of rotatable bonds is 6. The van der Waals surface area contributed by atoms with Gasteiger partial charge in [-0.15, -0.1) is 0 Å². The summed E-state index contributed by atoms with van der Waals surface area (Å²) in [7, 11) is 1.74. The topological polar surface area (TPSA) is 103 Å². The first-order valence-corrected chi connectivity index (χ1v) is 8.77. The molecular weight excluding hydrogens is 320 g/mol. The van der Waals surface area contributed by atoms with Crippen LogP contribution < -0.4 is 16.0 Å². The van der Waals surface area contributed by atoms with Crippen molar-refractivity contribution in [2.24, 2.45) is 5.92 Å². The van der Waals surface area contributed by atoms with Gasteiger partial charge in [0.2, 0.25) is 0 Å². The third-order valence-electron chi connectivity index (χ3n) is 4.54. The highest BCUT2D eigenvalue weighted by molar-refractivity contribution is 6.07. The van der Waals surface area contributed by atoms with E-state index in [1.165, 1.54) is 0 Å². The van der Waals surface area contributed by atoms with E-state index in [1.807, 2.05) is 13.8 Å². The summed E-state index contributed by atoms with van der Waals surface area (Å²) in [6.07, 6.45) is 2.08. The van der Waals surface area contributed by atoms with Gasteiger partial charge in [-0.05, 0) is 25.8 Å². The van der Waals surface area contributed by atoms with Gasteiger partial charge < -0.3 is 20.1 Å². The molecule has 0 aromatic carbocycles. The fraction of sp³-hybridized carbons (Fsp3) is 0.611. The first kappa shape index (κ1) is 19.2. The van der Waals surface area contributed by atoms with Crippen molar-refractivity contribution in [1.82, 2.24) is 4.98 Å². The molecule has 0 aliphatic carbocycles. The monoisotopic (exact) mass is 349 g/mol. The van der Waals surface area contributed by atoms with E-state index in [0.29, 0.717) is 5.71 Å². The van der Waals surface area contributed by atoms with Gasteiger partial charge in [-0.25, -0.2) is 9.78 Å². The number of carbonyl (C=O) groups is 1. The molecule has 0 radical (unpaired) electrons. The van der Waals surface area contributed by atoms with Gasteiger partial charge in [0.25, 0.3) is 0 Å². The van der Waals surface area contributed by atoms with E-state index in [0.717, 1.165) is 37.2 Å². The molecule has 4 N–H and O–H groups in total. The largest absolute Gasteiger partial charge is 0.461 e. The maximum Gasteiger partial charge on any atom is 0.357 e. The Kier molecular flexibility index (Phi) is 6.36. The quantitative estimate of drug-likeness (QED) is 0.578. The second-order valence-corrected chi connectivity index (χ2v) is 6.54. The highest BCUT2D eigenvalue weighted by atomic mass is 16.5. The normalized spacial score (nSPS) is 15.5. The summed E-state index contributed by atoms with van der Waals surface area (Å²) in [5, 5.41) is 6.31. The molecule has 2 rings (SSSR count). The Morgan fingerprint density at radius 2 is 2.08 bits per heavy atom. The van der Waals surface area contributed by atoms with Crippen LogP contribution in [0.2, 0.25) is 0 Å². The number of methoxy groups -OCH3 is 1. The van der Waals surface area contributed by atoms with E-state index in [-0.39, 0.29) is 30.1 Å². The van der Waals surface area contributed by atoms with E-state index in [1.54, 1.807) is 20.1 Å². The third kappa shape index (κ3) is 4.28. The molecule has 1 aliphatic rings. The minimum Gasteiger partial charge on any atom is -0.461 e. The van der Waals surface area contributed by atoms with Crippen molar-refractivity contribution >= 4 is 23.2 Å². The van der Waals surface area contributed by atoms with Gasteiger partial charge in [-0.2, -0.15) is 0 Å². The number of carbonyl (C=O) groups excluding carboxylic acids is 1. The number of esters is 1. The van der Waals surface area contributed by atoms with Crippen molar-refractivity contribution in [3.8, 4) is 0 Å². The summed E-state index contributed by atoms with van der Waals surface area (Å²) in [5.74, 6) is -0.0923. The SMILES string of the molecule is CCOC(=O)c1cc(N2CCC(OC)CC2)c(C(=[NH2+])C(C)C)c(N)n1. The highest BCUT2D eigenvalue weighted by Crippen LogP contribution is 2.30. The van der Waals surface area contributed by atoms with Gasteiger partial charge in [-0.3, -0.25) is 5.41 Å². The molecule has 7 nitrogen and oxygen atoms in total. The summed E-state index contributed by atoms with van der Waals surface area (Å²) >= 11 is 0. The Morgan fingerprint density at radius 3 is 2.60 bits per heavy atom. The molecule has 138 valence electrons. The van der Waals surface area contributed by atoms with Crippen LogP contribution in [0.1, 0.15) is 49.7 Å². The number of aromatic nitrogens is 1. The fourth-order valence-corrected chi connectivity index (χ4v) is 3.03. The van der Waals surface area contributed by atoms with Gasteiger partial charge >= 0.3 is 5.97 Å². The highest BCUT2D eigenvalue weighted by Gasteiger charge is 2.28. The molecule has 0 bridgehead atoms. The Balaban J connectivity index is 2.45. The van der Waals surface area contributed by atoms with E-state index in [9.17, 15) is 4.79 Å². The number of anilines is 2. The Morgan fingerprint density at radius 1 is 1.44 bits per heavy atom. The molecule has 1 aliphatic heterocycles. The number of nitrogen functional groups attached to an aromatic ring is 1. The molecule has 25 heavy (non-hydrogen) atoms. The minimum atomic E-state index is -0.475. The molecule has 1 aromatic rings. The molecular formula is C18H29N4O3+. The first-order valence-electron chi connectivity index (χ1n) is 8.77. The van der Waals surface area contributed by atoms with Crippen molar-refractivity contribution in [1.29, 1.82) is 0 Å². The summed E-state index contributed by atoms with van der Waals surface area (Å²) in [4.78, 5) is 18.6. The first-order chi connectivity index (χ1) is 11.9. The number of nitrogens with zero attached hydrogens (tertiary/aromatic N) is 2. The average Bonchev–Trinajstić information content (AvgIpc) is 2.60. The summed E-state index contributed by atoms with van der Waals surface area (Å²) in [6.45, 7) is 7.68. The van der Waals surface area contributed by atoms with Gasteiger partial charge in [0, 0.05) is 26.1 Å². The predicted octanol–water partition coefficient (Wildman–Crippen LogP) is 0.660. The number of ether oxygens (including phenoxy) is 2. The van der Waals surface area contributed by atoms with Crippen LogP contribution in [-0.4, -0.2) is 49.6 Å². The van der Waals surface area contributed by atoms with Crippen molar-refractivity contribution in [2.75, 3.05) is 37.4 Å². The molecule has 0 unspecified atom stereocenters. The summed E-state index contributed by atoms with van der Waals surface area (Å²) in [5.41, 5.74) is 8.63. The van der Waals surface area contributed by atoms with Gasteiger partial charge in [0.05, 0.1) is 18.4 Å². The molecule has 1 fully saturated rings. The van der Waals surface area contributed by atoms with Crippen LogP contribution in [0.4, 0.5) is 11.5 Å².